The van der Waals surface area contributed by atoms with Gasteiger partial charge < -0.3 is 11.1 Å². The van der Waals surface area contributed by atoms with E-state index in [0.29, 0.717) is 16.3 Å². The highest BCUT2D eigenvalue weighted by Gasteiger charge is 2.13. The van der Waals surface area contributed by atoms with E-state index in [1.807, 2.05) is 12.1 Å². The molecule has 0 spiro atoms. The number of amides is 1. The molecule has 0 fully saturated rings. The number of carbonyl (C=O) groups excluding carboxylic acids is 1. The van der Waals surface area contributed by atoms with E-state index in [4.69, 9.17) is 5.73 Å². The Kier molecular flexibility index (Phi) is 5.55. The van der Waals surface area contributed by atoms with Crippen molar-refractivity contribution in [3.63, 3.8) is 0 Å². The molecule has 0 saturated carbocycles. The van der Waals surface area contributed by atoms with Gasteiger partial charge in [0.2, 0.25) is 5.91 Å². The highest BCUT2D eigenvalue weighted by molar-refractivity contribution is 9.10. The minimum atomic E-state index is -1.48. The van der Waals surface area contributed by atoms with E-state index in [2.05, 4.69) is 37.2 Å². The van der Waals surface area contributed by atoms with Gasteiger partial charge in [0, 0.05) is 20.3 Å². The summed E-state index contributed by atoms with van der Waals surface area (Å²) >= 11 is 6.61. The van der Waals surface area contributed by atoms with E-state index in [9.17, 15) is 9.00 Å². The van der Waals surface area contributed by atoms with Crippen LogP contribution in [0.15, 0.2) is 56.3 Å². The highest BCUT2D eigenvalue weighted by atomic mass is 79.9. The zero-order valence-electron chi connectivity index (χ0n) is 10.8. The lowest BCUT2D eigenvalue weighted by Crippen LogP contribution is -2.20. The molecule has 1 unspecified atom stereocenters. The first-order valence-electron chi connectivity index (χ1n) is 5.94. The maximum Gasteiger partial charge on any atom is 0.237 e. The van der Waals surface area contributed by atoms with Crippen molar-refractivity contribution in [2.75, 3.05) is 16.8 Å². The average Bonchev–Trinajstić information content (AvgIpc) is 2.38. The molecule has 7 heteroatoms. The van der Waals surface area contributed by atoms with Crippen LogP contribution in [0.1, 0.15) is 0 Å². The molecule has 4 nitrogen and oxygen atoms in total. The number of nitrogen functional groups attached to an aromatic ring is 1. The van der Waals surface area contributed by atoms with Crippen LogP contribution in [0.3, 0.4) is 0 Å². The van der Waals surface area contributed by atoms with E-state index in [0.717, 1.165) is 8.95 Å². The quantitative estimate of drug-likeness (QED) is 0.727. The Morgan fingerprint density at radius 3 is 2.52 bits per heavy atom. The topological polar surface area (TPSA) is 72.2 Å². The monoisotopic (exact) mass is 430 g/mol. The molecule has 1 amide bonds. The molecule has 21 heavy (non-hydrogen) atoms. The lowest BCUT2D eigenvalue weighted by Gasteiger charge is -2.08. The number of nitrogens with two attached hydrogens (primary N) is 1. The molecule has 0 aromatic heterocycles. The van der Waals surface area contributed by atoms with Gasteiger partial charge in [-0.2, -0.15) is 0 Å². The Morgan fingerprint density at radius 1 is 1.14 bits per heavy atom. The summed E-state index contributed by atoms with van der Waals surface area (Å²) in [6, 6.07) is 12.3. The van der Waals surface area contributed by atoms with E-state index in [1.54, 1.807) is 30.3 Å². The molecule has 2 aromatic carbocycles. The molecule has 0 heterocycles. The molecule has 3 N–H and O–H groups in total. The van der Waals surface area contributed by atoms with Gasteiger partial charge in [-0.1, -0.05) is 37.9 Å². The van der Waals surface area contributed by atoms with Crippen LogP contribution in [-0.4, -0.2) is 15.9 Å². The lowest BCUT2D eigenvalue weighted by molar-refractivity contribution is -0.113. The van der Waals surface area contributed by atoms with Gasteiger partial charge in [-0.3, -0.25) is 9.00 Å². The number of hydrogen-bond acceptors (Lipinski definition) is 3. The van der Waals surface area contributed by atoms with E-state index < -0.39 is 10.8 Å². The van der Waals surface area contributed by atoms with Crippen molar-refractivity contribution in [2.45, 2.75) is 4.90 Å². The van der Waals surface area contributed by atoms with Gasteiger partial charge in [-0.15, -0.1) is 0 Å². The van der Waals surface area contributed by atoms with Gasteiger partial charge in [0.25, 0.3) is 0 Å². The number of nitrogens with one attached hydrogen (secondary N) is 1. The summed E-state index contributed by atoms with van der Waals surface area (Å²) in [5, 5.41) is 2.70. The van der Waals surface area contributed by atoms with Gasteiger partial charge >= 0.3 is 0 Å². The second kappa shape index (κ2) is 7.20. The second-order valence-corrected chi connectivity index (χ2v) is 7.48. The molecule has 110 valence electrons. The predicted molar refractivity (Wildman–Crippen MR) is 92.6 cm³/mol. The molecule has 0 saturated heterocycles. The fourth-order valence-corrected chi connectivity index (χ4v) is 3.47. The third-order valence-corrected chi connectivity index (χ3v) is 4.96. The maximum absolute atomic E-state index is 12.2. The SMILES string of the molecule is Nc1cc(Br)ccc1S(=O)CC(=O)Nc1cccc(Br)c1. The third kappa shape index (κ3) is 4.66. The van der Waals surface area contributed by atoms with E-state index >= 15 is 0 Å². The maximum atomic E-state index is 12.2. The van der Waals surface area contributed by atoms with Crippen molar-refractivity contribution in [2.24, 2.45) is 0 Å². The van der Waals surface area contributed by atoms with Gasteiger partial charge in [0.15, 0.2) is 0 Å². The molecule has 0 aliphatic rings. The molecule has 0 radical (unpaired) electrons. The second-order valence-electron chi connectivity index (χ2n) is 4.23. The largest absolute Gasteiger partial charge is 0.398 e. The number of hydrogen-bond donors (Lipinski definition) is 2. The van der Waals surface area contributed by atoms with Crippen molar-refractivity contribution < 1.29 is 9.00 Å². The predicted octanol–water partition coefficient (Wildman–Crippen LogP) is 3.54. The van der Waals surface area contributed by atoms with Crippen LogP contribution in [0.5, 0.6) is 0 Å². The van der Waals surface area contributed by atoms with Crippen molar-refractivity contribution in [1.29, 1.82) is 0 Å². The Morgan fingerprint density at radius 2 is 1.86 bits per heavy atom. The molecule has 0 aliphatic heterocycles. The first kappa shape index (κ1) is 16.2. The smallest absolute Gasteiger partial charge is 0.237 e. The van der Waals surface area contributed by atoms with Crippen LogP contribution >= 0.6 is 31.9 Å². The molecule has 2 rings (SSSR count). The molecular formula is C14H12Br2N2O2S. The summed E-state index contributed by atoms with van der Waals surface area (Å²) in [4.78, 5) is 12.4. The molecule has 2 aromatic rings. The Labute approximate surface area is 141 Å². The summed E-state index contributed by atoms with van der Waals surface area (Å²) < 4.78 is 13.9. The zero-order chi connectivity index (χ0) is 15.4. The average molecular weight is 432 g/mol. The van der Waals surface area contributed by atoms with Crippen molar-refractivity contribution in [3.8, 4) is 0 Å². The van der Waals surface area contributed by atoms with Crippen LogP contribution in [0.2, 0.25) is 0 Å². The molecular weight excluding hydrogens is 420 g/mol. The highest BCUT2D eigenvalue weighted by Crippen LogP contribution is 2.22. The van der Waals surface area contributed by atoms with Crippen molar-refractivity contribution in [1.82, 2.24) is 0 Å². The fourth-order valence-electron chi connectivity index (χ4n) is 1.69. The van der Waals surface area contributed by atoms with Crippen LogP contribution in [-0.2, 0) is 15.6 Å². The fraction of sp³-hybridized carbons (Fsp3) is 0.0714. The first-order valence-corrected chi connectivity index (χ1v) is 8.85. The molecule has 0 aliphatic carbocycles. The van der Waals surface area contributed by atoms with Crippen LogP contribution in [0, 0.1) is 0 Å². The Bertz CT molecular complexity index is 707. The van der Waals surface area contributed by atoms with Crippen LogP contribution < -0.4 is 11.1 Å². The van der Waals surface area contributed by atoms with Crippen LogP contribution in [0.4, 0.5) is 11.4 Å². The van der Waals surface area contributed by atoms with E-state index in [-0.39, 0.29) is 11.7 Å². The summed E-state index contributed by atoms with van der Waals surface area (Å²) in [5.41, 5.74) is 6.86. The summed E-state index contributed by atoms with van der Waals surface area (Å²) in [6.07, 6.45) is 0. The standard InChI is InChI=1S/C14H12Br2N2O2S/c15-9-2-1-3-11(6-9)18-14(19)8-21(20)13-5-4-10(16)7-12(13)17/h1-7H,8,17H2,(H,18,19). The number of benzene rings is 2. The van der Waals surface area contributed by atoms with Crippen molar-refractivity contribution in [3.05, 3.63) is 51.4 Å². The number of anilines is 2. The number of rotatable bonds is 4. The first-order chi connectivity index (χ1) is 9.95. The normalized spacial score (nSPS) is 11.9. The third-order valence-electron chi connectivity index (χ3n) is 2.59. The summed E-state index contributed by atoms with van der Waals surface area (Å²) in [5.74, 6) is -0.466. The lowest BCUT2D eigenvalue weighted by atomic mass is 10.3. The zero-order valence-corrected chi connectivity index (χ0v) is 14.8. The van der Waals surface area contributed by atoms with E-state index in [1.165, 1.54) is 0 Å². The minimum absolute atomic E-state index is 0.141. The van der Waals surface area contributed by atoms with Gasteiger partial charge in [0.05, 0.1) is 15.7 Å². The summed E-state index contributed by atoms with van der Waals surface area (Å²) in [6.45, 7) is 0. The molecule has 0 bridgehead atoms. The van der Waals surface area contributed by atoms with Crippen molar-refractivity contribution >= 4 is 59.9 Å². The molecule has 1 atom stereocenters. The Balaban J connectivity index is 2.04. The minimum Gasteiger partial charge on any atom is -0.398 e. The summed E-state index contributed by atoms with van der Waals surface area (Å²) in [7, 11) is -1.48. The van der Waals surface area contributed by atoms with Gasteiger partial charge in [-0.05, 0) is 36.4 Å². The van der Waals surface area contributed by atoms with Gasteiger partial charge in [-0.25, -0.2) is 0 Å². The number of carbonyl (C=O) groups is 1. The number of halogens is 2. The van der Waals surface area contributed by atoms with Crippen LogP contribution in [0.25, 0.3) is 0 Å². The van der Waals surface area contributed by atoms with Gasteiger partial charge in [0.1, 0.15) is 5.75 Å². The Hall–Kier alpha value is -1.18.